The number of ether oxygens (including phenoxy) is 1. The van der Waals surface area contributed by atoms with Gasteiger partial charge < -0.3 is 15.0 Å². The molecular formula is C20H27N3O2. The van der Waals surface area contributed by atoms with E-state index >= 15 is 0 Å². The molecule has 0 unspecified atom stereocenters. The Bertz CT molecular complexity index is 642. The molecule has 134 valence electrons. The molecule has 0 saturated carbocycles. The number of nitrogens with zero attached hydrogens (tertiary/aromatic N) is 2. The Morgan fingerprint density at radius 2 is 1.96 bits per heavy atom. The molecule has 1 heterocycles. The van der Waals surface area contributed by atoms with Crippen molar-refractivity contribution in [2.24, 2.45) is 0 Å². The average molecular weight is 341 g/mol. The maximum atomic E-state index is 12.8. The van der Waals surface area contributed by atoms with E-state index in [4.69, 9.17) is 4.74 Å². The van der Waals surface area contributed by atoms with Gasteiger partial charge in [-0.25, -0.2) is 4.98 Å². The highest BCUT2D eigenvalue weighted by molar-refractivity contribution is 5.92. The lowest BCUT2D eigenvalue weighted by molar-refractivity contribution is 0.0684. The minimum Gasteiger partial charge on any atom is -0.385 e. The first-order valence-electron chi connectivity index (χ1n) is 8.65. The molecule has 1 aromatic heterocycles. The van der Waals surface area contributed by atoms with Crippen LogP contribution in [0, 0.1) is 0 Å². The Kier molecular flexibility index (Phi) is 7.41. The standard InChI is InChI=1S/C20H27N3O2/c1-16(2)23(15-17-8-5-4-6-9-17)20(24)19-11-10-18(14-22-19)21-12-7-13-25-3/h4-6,8-11,14,16,21H,7,12-13,15H2,1-3H3. The number of rotatable bonds is 9. The van der Waals surface area contributed by atoms with Gasteiger partial charge in [0.25, 0.3) is 5.91 Å². The average Bonchev–Trinajstić information content (AvgIpc) is 2.64. The normalized spacial score (nSPS) is 10.7. The summed E-state index contributed by atoms with van der Waals surface area (Å²) < 4.78 is 5.02. The van der Waals surface area contributed by atoms with Crippen LogP contribution in [0.2, 0.25) is 0 Å². The SMILES string of the molecule is COCCCNc1ccc(C(=O)N(Cc2ccccc2)C(C)C)nc1. The van der Waals surface area contributed by atoms with Crippen molar-refractivity contribution in [1.82, 2.24) is 9.88 Å². The first-order valence-corrected chi connectivity index (χ1v) is 8.65. The predicted octanol–water partition coefficient (Wildman–Crippen LogP) is 3.58. The second-order valence-electron chi connectivity index (χ2n) is 6.22. The molecule has 25 heavy (non-hydrogen) atoms. The van der Waals surface area contributed by atoms with Gasteiger partial charge in [-0.15, -0.1) is 0 Å². The van der Waals surface area contributed by atoms with E-state index in [0.29, 0.717) is 12.2 Å². The van der Waals surface area contributed by atoms with Crippen LogP contribution in [0.3, 0.4) is 0 Å². The highest BCUT2D eigenvalue weighted by Crippen LogP contribution is 2.14. The van der Waals surface area contributed by atoms with E-state index in [1.807, 2.05) is 55.1 Å². The van der Waals surface area contributed by atoms with Crippen LogP contribution in [-0.4, -0.2) is 42.1 Å². The highest BCUT2D eigenvalue weighted by Gasteiger charge is 2.20. The molecule has 0 atom stereocenters. The number of hydrogen-bond donors (Lipinski definition) is 1. The molecule has 5 nitrogen and oxygen atoms in total. The van der Waals surface area contributed by atoms with E-state index in [1.165, 1.54) is 0 Å². The lowest BCUT2D eigenvalue weighted by Gasteiger charge is -2.26. The van der Waals surface area contributed by atoms with Crippen molar-refractivity contribution in [3.05, 3.63) is 59.9 Å². The fourth-order valence-electron chi connectivity index (χ4n) is 2.49. The fourth-order valence-corrected chi connectivity index (χ4v) is 2.49. The van der Waals surface area contributed by atoms with E-state index in [1.54, 1.807) is 19.4 Å². The number of pyridine rings is 1. The maximum Gasteiger partial charge on any atom is 0.272 e. The van der Waals surface area contributed by atoms with Gasteiger partial charge in [-0.2, -0.15) is 0 Å². The largest absolute Gasteiger partial charge is 0.385 e. The zero-order chi connectivity index (χ0) is 18.1. The van der Waals surface area contributed by atoms with Crippen LogP contribution in [0.15, 0.2) is 48.7 Å². The molecule has 0 fully saturated rings. The third kappa shape index (κ3) is 5.87. The van der Waals surface area contributed by atoms with E-state index < -0.39 is 0 Å². The smallest absolute Gasteiger partial charge is 0.272 e. The first kappa shape index (κ1) is 18.9. The quantitative estimate of drug-likeness (QED) is 0.708. The number of hydrogen-bond acceptors (Lipinski definition) is 4. The molecule has 0 aliphatic carbocycles. The van der Waals surface area contributed by atoms with Gasteiger partial charge in [0, 0.05) is 32.8 Å². The van der Waals surface area contributed by atoms with Crippen molar-refractivity contribution < 1.29 is 9.53 Å². The molecule has 0 saturated heterocycles. The molecule has 1 aromatic carbocycles. The molecule has 0 bridgehead atoms. The third-order valence-corrected chi connectivity index (χ3v) is 3.92. The molecule has 0 spiro atoms. The van der Waals surface area contributed by atoms with Crippen LogP contribution < -0.4 is 5.32 Å². The molecule has 2 aromatic rings. The lowest BCUT2D eigenvalue weighted by Crippen LogP contribution is -2.36. The second-order valence-corrected chi connectivity index (χ2v) is 6.22. The molecule has 2 rings (SSSR count). The van der Waals surface area contributed by atoms with Crippen LogP contribution in [-0.2, 0) is 11.3 Å². The van der Waals surface area contributed by atoms with E-state index in [-0.39, 0.29) is 11.9 Å². The number of nitrogens with one attached hydrogen (secondary N) is 1. The molecule has 0 radical (unpaired) electrons. The summed E-state index contributed by atoms with van der Waals surface area (Å²) in [6, 6.07) is 13.8. The summed E-state index contributed by atoms with van der Waals surface area (Å²) in [6.45, 7) is 6.16. The molecule has 5 heteroatoms. The third-order valence-electron chi connectivity index (χ3n) is 3.92. The number of anilines is 1. The van der Waals surface area contributed by atoms with Gasteiger partial charge in [0.1, 0.15) is 5.69 Å². The lowest BCUT2D eigenvalue weighted by atomic mass is 10.1. The van der Waals surface area contributed by atoms with Gasteiger partial charge in [-0.3, -0.25) is 4.79 Å². The van der Waals surface area contributed by atoms with Gasteiger partial charge in [0.2, 0.25) is 0 Å². The number of benzene rings is 1. The number of carbonyl (C=O) groups is 1. The maximum absolute atomic E-state index is 12.8. The Morgan fingerprint density at radius 3 is 2.56 bits per heavy atom. The Hall–Kier alpha value is -2.40. The minimum absolute atomic E-state index is 0.0511. The molecule has 1 N–H and O–H groups in total. The van der Waals surface area contributed by atoms with Crippen molar-refractivity contribution in [3.63, 3.8) is 0 Å². The zero-order valence-electron chi connectivity index (χ0n) is 15.2. The second kappa shape index (κ2) is 9.79. The van der Waals surface area contributed by atoms with E-state index in [9.17, 15) is 4.79 Å². The molecular weight excluding hydrogens is 314 g/mol. The number of carbonyl (C=O) groups excluding carboxylic acids is 1. The highest BCUT2D eigenvalue weighted by atomic mass is 16.5. The fraction of sp³-hybridized carbons (Fsp3) is 0.400. The Labute approximate surface area is 150 Å². The first-order chi connectivity index (χ1) is 12.1. The van der Waals surface area contributed by atoms with Crippen LogP contribution in [0.1, 0.15) is 36.3 Å². The van der Waals surface area contributed by atoms with Crippen LogP contribution >= 0.6 is 0 Å². The Morgan fingerprint density at radius 1 is 1.20 bits per heavy atom. The topological polar surface area (TPSA) is 54.5 Å². The van der Waals surface area contributed by atoms with Gasteiger partial charge in [-0.05, 0) is 38.0 Å². The summed E-state index contributed by atoms with van der Waals surface area (Å²) in [6.07, 6.45) is 2.64. The predicted molar refractivity (Wildman–Crippen MR) is 101 cm³/mol. The summed E-state index contributed by atoms with van der Waals surface area (Å²) in [7, 11) is 1.69. The molecule has 0 aliphatic rings. The zero-order valence-corrected chi connectivity index (χ0v) is 15.2. The van der Waals surface area contributed by atoms with E-state index in [2.05, 4.69) is 10.3 Å². The van der Waals surface area contributed by atoms with Crippen molar-refractivity contribution in [2.45, 2.75) is 32.9 Å². The van der Waals surface area contributed by atoms with Gasteiger partial charge >= 0.3 is 0 Å². The van der Waals surface area contributed by atoms with Crippen molar-refractivity contribution in [3.8, 4) is 0 Å². The van der Waals surface area contributed by atoms with Crippen molar-refractivity contribution in [2.75, 3.05) is 25.6 Å². The van der Waals surface area contributed by atoms with Crippen LogP contribution in [0.25, 0.3) is 0 Å². The van der Waals surface area contributed by atoms with Crippen LogP contribution in [0.5, 0.6) is 0 Å². The molecule has 0 aliphatic heterocycles. The van der Waals surface area contributed by atoms with E-state index in [0.717, 1.165) is 30.8 Å². The Balaban J connectivity index is 2.01. The summed E-state index contributed by atoms with van der Waals surface area (Å²) in [5, 5.41) is 3.27. The van der Waals surface area contributed by atoms with Gasteiger partial charge in [0.15, 0.2) is 0 Å². The summed E-state index contributed by atoms with van der Waals surface area (Å²) in [4.78, 5) is 19.0. The van der Waals surface area contributed by atoms with Crippen LogP contribution in [0.4, 0.5) is 5.69 Å². The van der Waals surface area contributed by atoms with Gasteiger partial charge in [-0.1, -0.05) is 30.3 Å². The summed E-state index contributed by atoms with van der Waals surface area (Å²) in [5.41, 5.74) is 2.49. The molecule has 1 amide bonds. The number of aromatic nitrogens is 1. The summed E-state index contributed by atoms with van der Waals surface area (Å²) in [5.74, 6) is -0.0511. The monoisotopic (exact) mass is 341 g/mol. The van der Waals surface area contributed by atoms with Crippen molar-refractivity contribution in [1.29, 1.82) is 0 Å². The summed E-state index contributed by atoms with van der Waals surface area (Å²) >= 11 is 0. The number of amides is 1. The van der Waals surface area contributed by atoms with Gasteiger partial charge in [0.05, 0.1) is 11.9 Å². The van der Waals surface area contributed by atoms with Crippen molar-refractivity contribution >= 4 is 11.6 Å². The minimum atomic E-state index is -0.0511. The number of methoxy groups -OCH3 is 1.